The quantitative estimate of drug-likeness (QED) is 0.120. The van der Waals surface area contributed by atoms with Crippen molar-refractivity contribution in [1.29, 1.82) is 0 Å². The van der Waals surface area contributed by atoms with Crippen molar-refractivity contribution in [1.82, 2.24) is 0 Å². The van der Waals surface area contributed by atoms with Crippen molar-refractivity contribution in [2.75, 3.05) is 0 Å². The van der Waals surface area contributed by atoms with Crippen molar-refractivity contribution >= 4 is 98.8 Å². The minimum atomic E-state index is -0.852. The van der Waals surface area contributed by atoms with Crippen molar-refractivity contribution in [3.63, 3.8) is 0 Å². The first-order chi connectivity index (χ1) is 22.9. The summed E-state index contributed by atoms with van der Waals surface area (Å²) >= 11 is 0. The molecule has 0 aliphatic rings. The van der Waals surface area contributed by atoms with Gasteiger partial charge in [-0.2, -0.15) is 0 Å². The van der Waals surface area contributed by atoms with E-state index >= 15 is 0 Å². The monoisotopic (exact) mass is 645 g/mol. The Kier molecular flexibility index (Phi) is 9.79. The minimum absolute atomic E-state index is 0. The van der Waals surface area contributed by atoms with Gasteiger partial charge in [0.05, 0.1) is 0 Å². The van der Waals surface area contributed by atoms with Crippen molar-refractivity contribution < 1.29 is 0 Å². The molecule has 0 saturated heterocycles. The van der Waals surface area contributed by atoms with E-state index in [-0.39, 0.29) is 29.6 Å². The normalized spacial score (nSPS) is 11.2. The molecule has 0 nitrogen and oxygen atoms in total. The summed E-state index contributed by atoms with van der Waals surface area (Å²) in [4.78, 5) is 0. The predicted molar refractivity (Wildman–Crippen MR) is 210 cm³/mol. The first kappa shape index (κ1) is 31.7. The van der Waals surface area contributed by atoms with Crippen molar-refractivity contribution in [3.05, 3.63) is 194 Å². The third kappa shape index (κ3) is 6.26. The molecule has 3 heteroatoms. The molecule has 0 N–H and O–H groups in total. The van der Waals surface area contributed by atoms with Gasteiger partial charge in [-0.05, 0) is 80.3 Å². The van der Waals surface area contributed by atoms with E-state index in [9.17, 15) is 0 Å². The van der Waals surface area contributed by atoms with E-state index in [0.29, 0.717) is 0 Å². The standard InChI is InChI=1S/C44H32P2.Na/c1-5-19-35(20-6-1)45(36-21-7-2-8-22-36)41-31-29-33-17-13-15-27-39(33)43(41)44-40-28-16-14-18-34(40)30-32-42(44)46(37-23-9-3-10-24-37)38-25-11-4-12-26-38;/h1-32H;. The molecular weight excluding hydrogens is 613 g/mol. The van der Waals surface area contributed by atoms with Gasteiger partial charge in [0, 0.05) is 29.6 Å². The average molecular weight is 646 g/mol. The molecule has 0 aliphatic carbocycles. The maximum Gasteiger partial charge on any atom is 0 e. The fraction of sp³-hybridized carbons (Fsp3) is 0. The van der Waals surface area contributed by atoms with E-state index in [0.717, 1.165) is 0 Å². The summed E-state index contributed by atoms with van der Waals surface area (Å²) in [5.41, 5.74) is 2.70. The number of hydrogen-bond donors (Lipinski definition) is 0. The van der Waals surface area contributed by atoms with Crippen LogP contribution < -0.4 is 31.8 Å². The summed E-state index contributed by atoms with van der Waals surface area (Å²) in [7, 11) is -1.70. The van der Waals surface area contributed by atoms with E-state index in [1.54, 1.807) is 0 Å². The molecule has 8 rings (SSSR count). The fourth-order valence-electron chi connectivity index (χ4n) is 6.58. The van der Waals surface area contributed by atoms with E-state index in [4.69, 9.17) is 0 Å². The molecule has 0 fully saturated rings. The van der Waals surface area contributed by atoms with Crippen molar-refractivity contribution in [2.45, 2.75) is 0 Å². The van der Waals surface area contributed by atoms with Crippen LogP contribution in [0.3, 0.4) is 0 Å². The Morgan fingerprint density at radius 3 is 0.851 bits per heavy atom. The Labute approximate surface area is 301 Å². The molecule has 0 heterocycles. The first-order valence-corrected chi connectivity index (χ1v) is 18.4. The molecule has 0 aromatic heterocycles. The Morgan fingerprint density at radius 1 is 0.255 bits per heavy atom. The smallest absolute Gasteiger partial charge is 0 e. The molecular formula is C44H32NaP2. The number of hydrogen-bond acceptors (Lipinski definition) is 0. The second kappa shape index (κ2) is 14.5. The number of rotatable bonds is 7. The van der Waals surface area contributed by atoms with Crippen LogP contribution in [0.25, 0.3) is 32.7 Å². The van der Waals surface area contributed by atoms with Crippen LogP contribution in [0.5, 0.6) is 0 Å². The van der Waals surface area contributed by atoms with Gasteiger partial charge in [0.2, 0.25) is 0 Å². The molecule has 8 aromatic carbocycles. The largest absolute Gasteiger partial charge is 0.0622 e. The van der Waals surface area contributed by atoms with Gasteiger partial charge in [0.15, 0.2) is 0 Å². The fourth-order valence-corrected chi connectivity index (χ4v) is 11.5. The molecule has 0 atom stereocenters. The SMILES string of the molecule is [Na].c1ccc(P(c2ccccc2)c2ccc3ccccc3c2-c2c(P(c3ccccc3)c3ccccc3)ccc3ccccc23)cc1. The summed E-state index contributed by atoms with van der Waals surface area (Å²) in [5, 5.41) is 13.3. The molecule has 0 spiro atoms. The molecule has 0 amide bonds. The molecule has 0 bridgehead atoms. The summed E-state index contributed by atoms with van der Waals surface area (Å²) in [6.45, 7) is 0. The third-order valence-electron chi connectivity index (χ3n) is 8.60. The Morgan fingerprint density at radius 2 is 0.532 bits per heavy atom. The summed E-state index contributed by atoms with van der Waals surface area (Å²) in [6.07, 6.45) is 0. The van der Waals surface area contributed by atoms with Gasteiger partial charge in [-0.15, -0.1) is 0 Å². The first-order valence-electron chi connectivity index (χ1n) is 15.7. The molecule has 219 valence electrons. The van der Waals surface area contributed by atoms with Gasteiger partial charge in [0.25, 0.3) is 0 Å². The van der Waals surface area contributed by atoms with E-state index in [1.807, 2.05) is 0 Å². The van der Waals surface area contributed by atoms with Gasteiger partial charge in [-0.1, -0.05) is 194 Å². The van der Waals surface area contributed by atoms with Crippen LogP contribution >= 0.6 is 15.8 Å². The van der Waals surface area contributed by atoms with Crippen molar-refractivity contribution in [2.24, 2.45) is 0 Å². The minimum Gasteiger partial charge on any atom is -0.0622 e. The molecule has 0 aliphatic heterocycles. The molecule has 47 heavy (non-hydrogen) atoms. The van der Waals surface area contributed by atoms with Crippen LogP contribution in [0, 0.1) is 0 Å². The second-order valence-electron chi connectivity index (χ2n) is 11.4. The van der Waals surface area contributed by atoms with Gasteiger partial charge in [0.1, 0.15) is 0 Å². The Balaban J connectivity index is 0.00000351. The van der Waals surface area contributed by atoms with Gasteiger partial charge >= 0.3 is 0 Å². The summed E-state index contributed by atoms with van der Waals surface area (Å²) in [6, 6.07) is 71.8. The van der Waals surface area contributed by atoms with Crippen LogP contribution in [0.1, 0.15) is 0 Å². The molecule has 0 unspecified atom stereocenters. The van der Waals surface area contributed by atoms with Crippen LogP contribution in [0.15, 0.2) is 194 Å². The number of benzene rings is 8. The maximum absolute atomic E-state index is 2.42. The Hall–Kier alpha value is -3.86. The van der Waals surface area contributed by atoms with E-state index in [1.165, 1.54) is 64.5 Å². The number of fused-ring (bicyclic) bond motifs is 2. The average Bonchev–Trinajstić information content (AvgIpc) is 3.14. The zero-order valence-corrected chi connectivity index (χ0v) is 30.2. The van der Waals surface area contributed by atoms with E-state index < -0.39 is 15.8 Å². The molecule has 0 saturated carbocycles. The van der Waals surface area contributed by atoms with Gasteiger partial charge < -0.3 is 0 Å². The van der Waals surface area contributed by atoms with E-state index in [2.05, 4.69) is 194 Å². The zero-order chi connectivity index (χ0) is 30.7. The third-order valence-corrected chi connectivity index (χ3v) is 13.6. The molecule has 1 radical (unpaired) electrons. The van der Waals surface area contributed by atoms with Crippen LogP contribution in [-0.4, -0.2) is 29.6 Å². The van der Waals surface area contributed by atoms with Crippen LogP contribution in [0.4, 0.5) is 0 Å². The van der Waals surface area contributed by atoms with Crippen LogP contribution in [0.2, 0.25) is 0 Å². The van der Waals surface area contributed by atoms with Crippen molar-refractivity contribution in [3.8, 4) is 11.1 Å². The van der Waals surface area contributed by atoms with Crippen LogP contribution in [-0.2, 0) is 0 Å². The second-order valence-corrected chi connectivity index (χ2v) is 15.7. The molecule has 8 aromatic rings. The Bertz CT molecular complexity index is 2010. The summed E-state index contributed by atoms with van der Waals surface area (Å²) < 4.78 is 0. The van der Waals surface area contributed by atoms with Gasteiger partial charge in [-0.25, -0.2) is 0 Å². The topological polar surface area (TPSA) is 0 Å². The zero-order valence-electron chi connectivity index (χ0n) is 26.4. The predicted octanol–water partition coefficient (Wildman–Crippen LogP) is 8.80. The van der Waals surface area contributed by atoms with Gasteiger partial charge in [-0.3, -0.25) is 0 Å². The maximum atomic E-state index is 2.42. The summed E-state index contributed by atoms with van der Waals surface area (Å²) in [5.74, 6) is 0.